The van der Waals surface area contributed by atoms with Crippen molar-refractivity contribution < 1.29 is 9.53 Å². The lowest BCUT2D eigenvalue weighted by atomic mass is 10.1. The minimum atomic E-state index is -1.46. The molecule has 0 bridgehead atoms. The van der Waals surface area contributed by atoms with Crippen LogP contribution in [0, 0.1) is 0 Å². The van der Waals surface area contributed by atoms with E-state index in [2.05, 4.69) is 20.0 Å². The Bertz CT molecular complexity index is 373. The summed E-state index contributed by atoms with van der Waals surface area (Å²) in [6.45, 7) is 8.38. The molecule has 0 spiro atoms. The molecular formula is C13H21NO2P+. The van der Waals surface area contributed by atoms with Crippen molar-refractivity contribution in [2.75, 3.05) is 27.1 Å². The van der Waals surface area contributed by atoms with Crippen LogP contribution in [0.2, 0.25) is 0 Å². The molecule has 0 radical (unpaired) electrons. The molecule has 1 unspecified atom stereocenters. The Hall–Kier alpha value is -1.08. The van der Waals surface area contributed by atoms with Crippen LogP contribution in [0.15, 0.2) is 30.3 Å². The summed E-state index contributed by atoms with van der Waals surface area (Å²) in [6, 6.07) is 10.1. The monoisotopic (exact) mass is 254 g/mol. The van der Waals surface area contributed by atoms with E-state index in [-0.39, 0.29) is 12.1 Å². The van der Waals surface area contributed by atoms with E-state index in [0.29, 0.717) is 0 Å². The van der Waals surface area contributed by atoms with Crippen LogP contribution in [0.4, 0.5) is 4.79 Å². The highest BCUT2D eigenvalue weighted by Crippen LogP contribution is 2.55. The molecule has 94 valence electrons. The maximum Gasteiger partial charge on any atom is 0.441 e. The van der Waals surface area contributed by atoms with Crippen LogP contribution in [0.1, 0.15) is 18.5 Å². The first-order chi connectivity index (χ1) is 7.88. The fourth-order valence-corrected chi connectivity index (χ4v) is 3.63. The maximum atomic E-state index is 11.9. The van der Waals surface area contributed by atoms with Crippen molar-refractivity contribution in [3.8, 4) is 0 Å². The second-order valence-electron chi connectivity index (χ2n) is 4.84. The lowest BCUT2D eigenvalue weighted by molar-refractivity contribution is 0.141. The molecule has 0 aliphatic heterocycles. The first-order valence-corrected chi connectivity index (χ1v) is 8.70. The van der Waals surface area contributed by atoms with Gasteiger partial charge in [0, 0.05) is 0 Å². The number of nitrogens with zero attached hydrogens (tertiary/aromatic N) is 1. The van der Waals surface area contributed by atoms with Gasteiger partial charge in [0.2, 0.25) is 0 Å². The van der Waals surface area contributed by atoms with Crippen molar-refractivity contribution in [3.05, 3.63) is 35.9 Å². The average Bonchev–Trinajstić information content (AvgIpc) is 2.28. The van der Waals surface area contributed by atoms with Gasteiger partial charge in [0.15, 0.2) is 0 Å². The fraction of sp³-hybridized carbons (Fsp3) is 0.462. The largest absolute Gasteiger partial charge is 0.451 e. The van der Waals surface area contributed by atoms with Crippen LogP contribution >= 0.6 is 7.41 Å². The second-order valence-corrected chi connectivity index (χ2v) is 9.16. The Morgan fingerprint density at radius 2 is 1.76 bits per heavy atom. The van der Waals surface area contributed by atoms with Gasteiger partial charge in [-0.2, -0.15) is 4.67 Å². The highest BCUT2D eigenvalue weighted by atomic mass is 31.2. The number of amides is 1. The van der Waals surface area contributed by atoms with Gasteiger partial charge in [0.1, 0.15) is 7.41 Å². The number of carbonyl (C=O) groups excluding carboxylic acids is 1. The predicted octanol–water partition coefficient (Wildman–Crippen LogP) is 3.64. The van der Waals surface area contributed by atoms with Gasteiger partial charge in [0.25, 0.3) is 0 Å². The quantitative estimate of drug-likeness (QED) is 0.771. The van der Waals surface area contributed by atoms with Crippen LogP contribution in [-0.2, 0) is 4.74 Å². The lowest BCUT2D eigenvalue weighted by Crippen LogP contribution is -2.32. The topological polar surface area (TPSA) is 29.5 Å². The minimum absolute atomic E-state index is 0.0389. The molecule has 3 nitrogen and oxygen atoms in total. The van der Waals surface area contributed by atoms with Crippen molar-refractivity contribution >= 4 is 13.5 Å². The SMILES string of the molecule is COC(=O)N(C(C)c1ccccc1)[P+](C)(C)C. The number of hydrogen-bond donors (Lipinski definition) is 0. The average molecular weight is 254 g/mol. The van der Waals surface area contributed by atoms with Gasteiger partial charge in [-0.25, -0.2) is 4.79 Å². The van der Waals surface area contributed by atoms with E-state index in [9.17, 15) is 4.79 Å². The van der Waals surface area contributed by atoms with Crippen LogP contribution in [0.5, 0.6) is 0 Å². The molecule has 0 aromatic heterocycles. The third kappa shape index (κ3) is 3.44. The summed E-state index contributed by atoms with van der Waals surface area (Å²) in [7, 11) is -0.0281. The third-order valence-corrected chi connectivity index (χ3v) is 4.46. The zero-order valence-electron chi connectivity index (χ0n) is 11.2. The smallest absolute Gasteiger partial charge is 0.441 e. The number of methoxy groups -OCH3 is 1. The van der Waals surface area contributed by atoms with Crippen LogP contribution < -0.4 is 0 Å². The lowest BCUT2D eigenvalue weighted by Gasteiger charge is -2.32. The molecule has 0 heterocycles. The molecule has 1 amide bonds. The van der Waals surface area contributed by atoms with Crippen molar-refractivity contribution in [2.24, 2.45) is 0 Å². The van der Waals surface area contributed by atoms with Gasteiger partial charge in [-0.1, -0.05) is 30.3 Å². The first-order valence-electron chi connectivity index (χ1n) is 5.62. The standard InChI is InChI=1S/C13H21NO2P/c1-11(12-9-7-6-8-10-12)14(13(15)16-2)17(3,4)5/h6-11H,1-5H3/q+1. The Kier molecular flexibility index (Phi) is 4.53. The van der Waals surface area contributed by atoms with Gasteiger partial charge in [0.05, 0.1) is 33.1 Å². The number of benzene rings is 1. The Morgan fingerprint density at radius 3 is 2.18 bits per heavy atom. The van der Waals surface area contributed by atoms with Crippen LogP contribution in [-0.4, -0.2) is 37.9 Å². The molecule has 0 saturated heterocycles. The number of carbonyl (C=O) groups is 1. The molecule has 1 rings (SSSR count). The zero-order valence-corrected chi connectivity index (χ0v) is 12.1. The summed E-state index contributed by atoms with van der Waals surface area (Å²) in [5.74, 6) is 0. The van der Waals surface area contributed by atoms with E-state index in [1.54, 1.807) is 0 Å². The summed E-state index contributed by atoms with van der Waals surface area (Å²) >= 11 is 0. The van der Waals surface area contributed by atoms with Crippen molar-refractivity contribution in [3.63, 3.8) is 0 Å². The number of hydrogen-bond acceptors (Lipinski definition) is 2. The van der Waals surface area contributed by atoms with Gasteiger partial charge >= 0.3 is 6.09 Å². The summed E-state index contributed by atoms with van der Waals surface area (Å²) in [5, 5.41) is 0. The second kappa shape index (κ2) is 5.50. The molecule has 1 aromatic carbocycles. The summed E-state index contributed by atoms with van der Waals surface area (Å²) in [5.41, 5.74) is 1.13. The Balaban J connectivity index is 3.04. The van der Waals surface area contributed by atoms with Crippen LogP contribution in [0.25, 0.3) is 0 Å². The first kappa shape index (κ1) is 14.0. The Morgan fingerprint density at radius 1 is 1.24 bits per heavy atom. The molecule has 4 heteroatoms. The molecule has 0 fully saturated rings. The molecule has 0 saturated carbocycles. The van der Waals surface area contributed by atoms with Crippen LogP contribution in [0.3, 0.4) is 0 Å². The summed E-state index contributed by atoms with van der Waals surface area (Å²) in [4.78, 5) is 11.9. The van der Waals surface area contributed by atoms with Crippen molar-refractivity contribution in [1.29, 1.82) is 0 Å². The molecule has 0 N–H and O–H groups in total. The third-order valence-electron chi connectivity index (χ3n) is 2.66. The van der Waals surface area contributed by atoms with Gasteiger partial charge in [-0.3, -0.25) is 0 Å². The highest BCUT2D eigenvalue weighted by molar-refractivity contribution is 7.72. The van der Waals surface area contributed by atoms with Gasteiger partial charge in [-0.05, 0) is 12.5 Å². The van der Waals surface area contributed by atoms with E-state index in [1.165, 1.54) is 7.11 Å². The zero-order chi connectivity index (χ0) is 13.1. The molecule has 17 heavy (non-hydrogen) atoms. The molecule has 1 aromatic rings. The van der Waals surface area contributed by atoms with E-state index in [0.717, 1.165) is 5.56 Å². The molecule has 1 atom stereocenters. The maximum absolute atomic E-state index is 11.9. The number of rotatable bonds is 3. The fourth-order valence-electron chi connectivity index (χ4n) is 1.89. The van der Waals surface area contributed by atoms with E-state index in [4.69, 9.17) is 4.74 Å². The Labute approximate surface area is 104 Å². The molecule has 0 aliphatic carbocycles. The predicted molar refractivity (Wildman–Crippen MR) is 73.8 cm³/mol. The van der Waals surface area contributed by atoms with E-state index < -0.39 is 7.41 Å². The minimum Gasteiger partial charge on any atom is -0.451 e. The van der Waals surface area contributed by atoms with Crippen molar-refractivity contribution in [2.45, 2.75) is 13.0 Å². The molecule has 0 aliphatic rings. The van der Waals surface area contributed by atoms with Gasteiger partial charge in [-0.15, -0.1) is 0 Å². The summed E-state index contributed by atoms with van der Waals surface area (Å²) in [6.07, 6.45) is -0.248. The summed E-state index contributed by atoms with van der Waals surface area (Å²) < 4.78 is 6.76. The van der Waals surface area contributed by atoms with E-state index in [1.807, 2.05) is 41.9 Å². The highest BCUT2D eigenvalue weighted by Gasteiger charge is 2.38. The molecular weight excluding hydrogens is 233 g/mol. The van der Waals surface area contributed by atoms with E-state index >= 15 is 0 Å². The normalized spacial score (nSPS) is 13.0. The van der Waals surface area contributed by atoms with Crippen molar-refractivity contribution in [1.82, 2.24) is 4.67 Å². The van der Waals surface area contributed by atoms with Gasteiger partial charge < -0.3 is 4.74 Å². The number of ether oxygens (including phenoxy) is 1.